The number of ketones is 1. The van der Waals surface area contributed by atoms with Crippen molar-refractivity contribution in [2.75, 3.05) is 6.54 Å². The molecule has 7 nitrogen and oxygen atoms in total. The third kappa shape index (κ3) is 7.34. The summed E-state index contributed by atoms with van der Waals surface area (Å²) in [7, 11) is 0. The quantitative estimate of drug-likeness (QED) is 0.161. The van der Waals surface area contributed by atoms with Crippen molar-refractivity contribution in [1.82, 2.24) is 20.6 Å². The van der Waals surface area contributed by atoms with E-state index >= 15 is 0 Å². The Balaban J connectivity index is 1.30. The summed E-state index contributed by atoms with van der Waals surface area (Å²) in [5, 5.41) is 8.28. The molecule has 0 radical (unpaired) electrons. The molecule has 0 unspecified atom stereocenters. The monoisotopic (exact) mass is 514 g/mol. The first-order valence-electron chi connectivity index (χ1n) is 13.7. The molecule has 0 spiro atoms. The maximum Gasteiger partial charge on any atom is 0.242 e. The number of hydrogen-bond donors (Lipinski definition) is 4. The minimum atomic E-state index is -0.588. The lowest BCUT2D eigenvalue weighted by Gasteiger charge is -2.18. The van der Waals surface area contributed by atoms with E-state index in [1.54, 1.807) is 0 Å². The predicted molar refractivity (Wildman–Crippen MR) is 152 cm³/mol. The van der Waals surface area contributed by atoms with Gasteiger partial charge in [0.2, 0.25) is 11.8 Å². The number of para-hydroxylation sites is 2. The Kier molecular flexibility index (Phi) is 9.73. The second-order valence-corrected chi connectivity index (χ2v) is 9.87. The van der Waals surface area contributed by atoms with Gasteiger partial charge in [0.25, 0.3) is 0 Å². The van der Waals surface area contributed by atoms with Gasteiger partial charge in [-0.25, -0.2) is 0 Å². The maximum atomic E-state index is 13.1. The lowest BCUT2D eigenvalue weighted by molar-refractivity contribution is -0.129. The van der Waals surface area contributed by atoms with E-state index < -0.39 is 6.04 Å². The molecular formula is C31H38N4O3. The Morgan fingerprint density at radius 1 is 0.789 bits per heavy atom. The standard InChI is InChI=1S/C31H38N4O3/c1-2-24(36)10-4-3-5-15-29(31(38)32-19-18-23-21-34-28-14-9-7-12-26(23)28)35-30(37)17-16-22-20-33-27-13-8-6-11-25(22)27/h6-9,11-14,20-21,29,33-34H,2-5,10,15-19H2,1H3,(H,32,38)(H,35,37)/t29-/m0/s1. The normalized spacial score (nSPS) is 12.0. The molecule has 4 N–H and O–H groups in total. The Hall–Kier alpha value is -3.87. The average Bonchev–Trinajstić information content (AvgIpc) is 3.55. The van der Waals surface area contributed by atoms with Crippen molar-refractivity contribution in [3.63, 3.8) is 0 Å². The third-order valence-electron chi connectivity index (χ3n) is 7.16. The zero-order valence-electron chi connectivity index (χ0n) is 22.1. The molecule has 2 aromatic carbocycles. The van der Waals surface area contributed by atoms with Crippen molar-refractivity contribution in [3.05, 3.63) is 72.1 Å². The highest BCUT2D eigenvalue weighted by atomic mass is 16.2. The number of carbonyl (C=O) groups excluding carboxylic acids is 3. The molecule has 0 bridgehead atoms. The molecule has 7 heteroatoms. The first-order chi connectivity index (χ1) is 18.5. The van der Waals surface area contributed by atoms with E-state index in [-0.39, 0.29) is 17.6 Å². The van der Waals surface area contributed by atoms with Gasteiger partial charge in [0.05, 0.1) is 0 Å². The van der Waals surface area contributed by atoms with Crippen molar-refractivity contribution >= 4 is 39.4 Å². The molecule has 0 aliphatic carbocycles. The summed E-state index contributed by atoms with van der Waals surface area (Å²) in [6, 6.07) is 15.6. The number of hydrogen-bond acceptors (Lipinski definition) is 3. The SMILES string of the molecule is CCC(=O)CCCCC[C@H](NC(=O)CCc1c[nH]c2ccccc12)C(=O)NCCc1c[nH]c2ccccc12. The number of aromatic nitrogens is 2. The van der Waals surface area contributed by atoms with E-state index in [4.69, 9.17) is 0 Å². The summed E-state index contributed by atoms with van der Waals surface area (Å²) in [5.41, 5.74) is 4.38. The highest BCUT2D eigenvalue weighted by molar-refractivity contribution is 5.88. The van der Waals surface area contributed by atoms with Crippen LogP contribution in [0.2, 0.25) is 0 Å². The van der Waals surface area contributed by atoms with Crippen LogP contribution >= 0.6 is 0 Å². The Labute approximate surface area is 223 Å². The number of unbranched alkanes of at least 4 members (excludes halogenated alkanes) is 2. The number of nitrogens with one attached hydrogen (secondary N) is 4. The van der Waals surface area contributed by atoms with Crippen molar-refractivity contribution in [2.24, 2.45) is 0 Å². The lowest BCUT2D eigenvalue weighted by Crippen LogP contribution is -2.47. The zero-order chi connectivity index (χ0) is 26.7. The molecule has 0 fully saturated rings. The first-order valence-corrected chi connectivity index (χ1v) is 13.7. The minimum absolute atomic E-state index is 0.131. The fourth-order valence-electron chi connectivity index (χ4n) is 4.93. The lowest BCUT2D eigenvalue weighted by atomic mass is 10.0. The number of amides is 2. The molecule has 2 aromatic heterocycles. The van der Waals surface area contributed by atoms with E-state index in [2.05, 4.69) is 26.7 Å². The van der Waals surface area contributed by atoms with Gasteiger partial charge in [-0.3, -0.25) is 14.4 Å². The van der Waals surface area contributed by atoms with Gasteiger partial charge in [-0.1, -0.05) is 56.2 Å². The van der Waals surface area contributed by atoms with Gasteiger partial charge in [0, 0.05) is 60.0 Å². The molecule has 0 aliphatic heterocycles. The van der Waals surface area contributed by atoms with E-state index in [9.17, 15) is 14.4 Å². The molecule has 2 heterocycles. The minimum Gasteiger partial charge on any atom is -0.361 e. The number of aryl methyl sites for hydroxylation is 1. The molecule has 4 aromatic rings. The molecular weight excluding hydrogens is 476 g/mol. The number of rotatable bonds is 15. The van der Waals surface area contributed by atoms with Crippen LogP contribution < -0.4 is 10.6 Å². The highest BCUT2D eigenvalue weighted by Gasteiger charge is 2.20. The number of benzene rings is 2. The molecule has 4 rings (SSSR count). The number of fused-ring (bicyclic) bond motifs is 2. The average molecular weight is 515 g/mol. The van der Waals surface area contributed by atoms with Crippen LogP contribution in [0.1, 0.15) is 63.0 Å². The summed E-state index contributed by atoms with van der Waals surface area (Å²) in [4.78, 5) is 44.1. The maximum absolute atomic E-state index is 13.1. The second-order valence-electron chi connectivity index (χ2n) is 9.87. The summed E-state index contributed by atoms with van der Waals surface area (Å²) < 4.78 is 0. The van der Waals surface area contributed by atoms with Gasteiger partial charge >= 0.3 is 0 Å². The van der Waals surface area contributed by atoms with Crippen molar-refractivity contribution in [2.45, 2.75) is 70.8 Å². The number of H-pyrrole nitrogens is 2. The van der Waals surface area contributed by atoms with Crippen LogP contribution in [0, 0.1) is 0 Å². The van der Waals surface area contributed by atoms with Crippen LogP contribution in [0.15, 0.2) is 60.9 Å². The Morgan fingerprint density at radius 2 is 1.42 bits per heavy atom. The van der Waals surface area contributed by atoms with Crippen LogP contribution in [-0.2, 0) is 27.2 Å². The smallest absolute Gasteiger partial charge is 0.242 e. The third-order valence-corrected chi connectivity index (χ3v) is 7.16. The van der Waals surface area contributed by atoms with Crippen LogP contribution in [0.25, 0.3) is 21.8 Å². The molecule has 0 aliphatic rings. The first kappa shape index (κ1) is 27.2. The predicted octanol–water partition coefficient (Wildman–Crippen LogP) is 5.36. The van der Waals surface area contributed by atoms with Crippen LogP contribution in [0.5, 0.6) is 0 Å². The van der Waals surface area contributed by atoms with Gasteiger partial charge in [-0.05, 0) is 48.9 Å². The molecule has 200 valence electrons. The summed E-state index contributed by atoms with van der Waals surface area (Å²) in [5.74, 6) is -0.0229. The van der Waals surface area contributed by atoms with E-state index in [0.29, 0.717) is 45.1 Å². The Bertz CT molecular complexity index is 1370. The van der Waals surface area contributed by atoms with E-state index in [0.717, 1.165) is 52.2 Å². The van der Waals surface area contributed by atoms with Crippen molar-refractivity contribution in [3.8, 4) is 0 Å². The number of aromatic amines is 2. The number of carbonyl (C=O) groups is 3. The molecule has 0 saturated carbocycles. The van der Waals surface area contributed by atoms with Crippen molar-refractivity contribution < 1.29 is 14.4 Å². The zero-order valence-corrected chi connectivity index (χ0v) is 22.1. The largest absolute Gasteiger partial charge is 0.361 e. The summed E-state index contributed by atoms with van der Waals surface area (Å²) in [6.45, 7) is 2.37. The van der Waals surface area contributed by atoms with Gasteiger partial charge in [0.15, 0.2) is 0 Å². The summed E-state index contributed by atoms with van der Waals surface area (Å²) >= 11 is 0. The molecule has 1 atom stereocenters. The fourth-order valence-corrected chi connectivity index (χ4v) is 4.93. The second kappa shape index (κ2) is 13.6. The van der Waals surface area contributed by atoms with Crippen LogP contribution in [0.4, 0.5) is 0 Å². The summed E-state index contributed by atoms with van der Waals surface area (Å²) in [6.07, 6.45) is 9.70. The Morgan fingerprint density at radius 3 is 2.08 bits per heavy atom. The molecule has 0 saturated heterocycles. The van der Waals surface area contributed by atoms with Crippen LogP contribution in [-0.4, -0.2) is 40.2 Å². The van der Waals surface area contributed by atoms with E-state index in [1.165, 1.54) is 0 Å². The van der Waals surface area contributed by atoms with Gasteiger partial charge in [0.1, 0.15) is 11.8 Å². The highest BCUT2D eigenvalue weighted by Crippen LogP contribution is 2.19. The number of Topliss-reactive ketones (excluding diaryl/α,β-unsaturated/α-hetero) is 1. The van der Waals surface area contributed by atoms with Gasteiger partial charge < -0.3 is 20.6 Å². The topological polar surface area (TPSA) is 107 Å². The van der Waals surface area contributed by atoms with E-state index in [1.807, 2.05) is 61.8 Å². The fraction of sp³-hybridized carbons (Fsp3) is 0.387. The molecule has 38 heavy (non-hydrogen) atoms. The van der Waals surface area contributed by atoms with Gasteiger partial charge in [-0.2, -0.15) is 0 Å². The van der Waals surface area contributed by atoms with Crippen LogP contribution in [0.3, 0.4) is 0 Å². The van der Waals surface area contributed by atoms with Crippen molar-refractivity contribution in [1.29, 1.82) is 0 Å². The molecule has 2 amide bonds. The van der Waals surface area contributed by atoms with Gasteiger partial charge in [-0.15, -0.1) is 0 Å².